The number of halogens is 3. The Bertz CT molecular complexity index is 1380. The Morgan fingerprint density at radius 1 is 1.23 bits per heavy atom. The van der Waals surface area contributed by atoms with E-state index in [0.717, 1.165) is 4.31 Å². The highest BCUT2D eigenvalue weighted by Crippen LogP contribution is 2.40. The molecule has 40 heavy (non-hydrogen) atoms. The summed E-state index contributed by atoms with van der Waals surface area (Å²) in [6, 6.07) is 3.87. The zero-order chi connectivity index (χ0) is 30.3. The van der Waals surface area contributed by atoms with Gasteiger partial charge in [0.15, 0.2) is 0 Å². The number of rotatable bonds is 8. The minimum absolute atomic E-state index is 0.0124. The molecule has 1 atom stereocenters. The number of hydrogen-bond acceptors (Lipinski definition) is 8. The van der Waals surface area contributed by atoms with Gasteiger partial charge in [-0.2, -0.15) is 18.3 Å². The Hall–Kier alpha value is -3.53. The summed E-state index contributed by atoms with van der Waals surface area (Å²) in [4.78, 5) is 23.5. The molecule has 0 saturated carbocycles. The van der Waals surface area contributed by atoms with Crippen LogP contribution in [0.4, 0.5) is 29.3 Å². The number of aliphatic hydroxyl groups is 1. The Labute approximate surface area is 229 Å². The zero-order valence-electron chi connectivity index (χ0n) is 22.8. The van der Waals surface area contributed by atoms with Crippen molar-refractivity contribution in [3.05, 3.63) is 30.1 Å². The number of aromatic nitrogens is 2. The summed E-state index contributed by atoms with van der Waals surface area (Å²) in [7, 11) is -4.32. The van der Waals surface area contributed by atoms with Crippen molar-refractivity contribution >= 4 is 33.4 Å². The number of fused-ring (bicyclic) bond motifs is 1. The number of anilines is 2. The van der Waals surface area contributed by atoms with Gasteiger partial charge in [0.05, 0.1) is 36.6 Å². The molecule has 3 N–H and O–H groups in total. The highest BCUT2D eigenvalue weighted by molar-refractivity contribution is 7.92. The third-order valence-electron chi connectivity index (χ3n) is 5.76. The summed E-state index contributed by atoms with van der Waals surface area (Å²) >= 11 is 0. The highest BCUT2D eigenvalue weighted by Gasteiger charge is 2.51. The van der Waals surface area contributed by atoms with Crippen molar-refractivity contribution in [3.8, 4) is 5.75 Å². The van der Waals surface area contributed by atoms with E-state index in [4.69, 9.17) is 4.74 Å². The monoisotopic (exact) mass is 591 g/mol. The number of sulfonamides is 1. The number of hydrogen-bond donors (Lipinski definition) is 3. The van der Waals surface area contributed by atoms with E-state index in [9.17, 15) is 36.3 Å². The molecule has 3 rings (SSSR count). The molecule has 0 fully saturated rings. The van der Waals surface area contributed by atoms with Gasteiger partial charge >= 0.3 is 12.3 Å². The third-order valence-corrected chi connectivity index (χ3v) is 7.65. The molecule has 2 aromatic rings. The van der Waals surface area contributed by atoms with Gasteiger partial charge in [0.1, 0.15) is 16.7 Å². The molecule has 1 aromatic carbocycles. The summed E-state index contributed by atoms with van der Waals surface area (Å²) in [6.07, 6.45) is -5.75. The molecule has 1 aliphatic rings. The van der Waals surface area contributed by atoms with E-state index in [1.807, 2.05) is 0 Å². The largest absolute Gasteiger partial charge is 0.484 e. The standard InChI is InChI=1S/C24H32F3N5O7S/c1-14-20(12-31(30-14)13-22(3,4)35)40(36,37)32-11-17(10-28-15(2)33)38-19-8-7-16(9-18(19)32)29-21(34)39-23(5,6)24(25,26)27/h7-9,12,17,35H,10-11,13H2,1-6H3,(H,28,33)(H,29,34). The quantitative estimate of drug-likeness (QED) is 0.424. The predicted molar refractivity (Wildman–Crippen MR) is 138 cm³/mol. The Kier molecular flexibility index (Phi) is 8.37. The lowest BCUT2D eigenvalue weighted by molar-refractivity contribution is -0.242. The molecule has 1 unspecified atom stereocenters. The van der Waals surface area contributed by atoms with Gasteiger partial charge < -0.3 is 19.9 Å². The van der Waals surface area contributed by atoms with E-state index >= 15 is 0 Å². The topological polar surface area (TPSA) is 152 Å². The van der Waals surface area contributed by atoms with Gasteiger partial charge in [0.2, 0.25) is 11.5 Å². The minimum Gasteiger partial charge on any atom is -0.484 e. The van der Waals surface area contributed by atoms with Gasteiger partial charge in [-0.3, -0.25) is 19.1 Å². The average Bonchev–Trinajstić information content (AvgIpc) is 3.14. The first-order valence-electron chi connectivity index (χ1n) is 12.1. The Morgan fingerprint density at radius 3 is 2.45 bits per heavy atom. The van der Waals surface area contributed by atoms with E-state index in [1.54, 1.807) is 13.8 Å². The van der Waals surface area contributed by atoms with Crippen molar-refractivity contribution in [2.24, 2.45) is 0 Å². The van der Waals surface area contributed by atoms with Crippen LogP contribution in [0.25, 0.3) is 0 Å². The summed E-state index contributed by atoms with van der Waals surface area (Å²) in [6.45, 7) is 6.99. The van der Waals surface area contributed by atoms with Crippen LogP contribution in [0.1, 0.15) is 40.3 Å². The lowest BCUT2D eigenvalue weighted by Gasteiger charge is -2.35. The Morgan fingerprint density at radius 2 is 1.88 bits per heavy atom. The lowest BCUT2D eigenvalue weighted by Crippen LogP contribution is -2.48. The maximum atomic E-state index is 13.9. The molecule has 0 spiro atoms. The van der Waals surface area contributed by atoms with Crippen LogP contribution in [-0.4, -0.2) is 71.9 Å². The maximum Gasteiger partial charge on any atom is 0.427 e. The van der Waals surface area contributed by atoms with E-state index in [2.05, 4.69) is 20.5 Å². The second-order valence-electron chi connectivity index (χ2n) is 10.5. The summed E-state index contributed by atoms with van der Waals surface area (Å²) in [5.74, 6) is -0.270. The van der Waals surface area contributed by atoms with Gasteiger partial charge in [0, 0.05) is 18.8 Å². The van der Waals surface area contributed by atoms with Gasteiger partial charge in [-0.1, -0.05) is 0 Å². The van der Waals surface area contributed by atoms with Crippen molar-refractivity contribution in [2.45, 2.75) is 76.5 Å². The van der Waals surface area contributed by atoms with Gasteiger partial charge in [0.25, 0.3) is 10.0 Å². The van der Waals surface area contributed by atoms with Crippen LogP contribution >= 0.6 is 0 Å². The predicted octanol–water partition coefficient (Wildman–Crippen LogP) is 2.94. The normalized spacial score (nSPS) is 16.1. The first-order chi connectivity index (χ1) is 18.2. The van der Waals surface area contributed by atoms with E-state index in [-0.39, 0.29) is 53.3 Å². The molecule has 1 aromatic heterocycles. The number of alkyl halides is 3. The SMILES string of the molecule is CC(=O)NCC1CN(S(=O)(=O)c2cn(CC(C)(C)O)nc2C)c2cc(NC(=O)OC(C)(C)C(F)(F)F)ccc2O1. The second-order valence-corrected chi connectivity index (χ2v) is 12.3. The fraction of sp³-hybridized carbons (Fsp3) is 0.542. The molecule has 0 saturated heterocycles. The lowest BCUT2D eigenvalue weighted by atomic mass is 10.1. The van der Waals surface area contributed by atoms with Crippen LogP contribution in [0.2, 0.25) is 0 Å². The van der Waals surface area contributed by atoms with E-state index < -0.39 is 39.6 Å². The van der Waals surface area contributed by atoms with Crippen LogP contribution in [0.15, 0.2) is 29.3 Å². The van der Waals surface area contributed by atoms with Crippen LogP contribution < -0.4 is 19.7 Å². The Balaban J connectivity index is 1.99. The van der Waals surface area contributed by atoms with E-state index in [1.165, 1.54) is 42.9 Å². The molecular weight excluding hydrogens is 559 g/mol. The number of nitrogens with one attached hydrogen (secondary N) is 2. The average molecular weight is 592 g/mol. The van der Waals surface area contributed by atoms with Crippen LogP contribution in [-0.2, 0) is 26.1 Å². The number of aryl methyl sites for hydroxylation is 1. The second kappa shape index (κ2) is 10.8. The smallest absolute Gasteiger partial charge is 0.427 e. The molecule has 2 amide bonds. The number of nitrogens with zero attached hydrogens (tertiary/aromatic N) is 3. The third kappa shape index (κ3) is 7.15. The minimum atomic E-state index is -4.82. The van der Waals surface area contributed by atoms with Crippen LogP contribution in [0.3, 0.4) is 0 Å². The van der Waals surface area contributed by atoms with Crippen molar-refractivity contribution in [2.75, 3.05) is 22.7 Å². The number of carbonyl (C=O) groups is 2. The van der Waals surface area contributed by atoms with Gasteiger partial charge in [-0.25, -0.2) is 13.2 Å². The fourth-order valence-electron chi connectivity index (χ4n) is 3.76. The highest BCUT2D eigenvalue weighted by atomic mass is 32.2. The van der Waals surface area contributed by atoms with Crippen molar-refractivity contribution in [1.29, 1.82) is 0 Å². The van der Waals surface area contributed by atoms with Crippen molar-refractivity contribution < 1.29 is 45.8 Å². The maximum absolute atomic E-state index is 13.9. The summed E-state index contributed by atoms with van der Waals surface area (Å²) < 4.78 is 79.9. The molecule has 0 radical (unpaired) electrons. The molecule has 12 nitrogen and oxygen atoms in total. The summed E-state index contributed by atoms with van der Waals surface area (Å²) in [5, 5.41) is 19.1. The van der Waals surface area contributed by atoms with Gasteiger partial charge in [-0.15, -0.1) is 0 Å². The molecule has 16 heteroatoms. The molecule has 222 valence electrons. The molecule has 0 aliphatic carbocycles. The van der Waals surface area contributed by atoms with Crippen LogP contribution in [0, 0.1) is 6.92 Å². The number of benzene rings is 1. The molecule has 1 aliphatic heterocycles. The van der Waals surface area contributed by atoms with Crippen LogP contribution in [0.5, 0.6) is 5.75 Å². The van der Waals surface area contributed by atoms with E-state index in [0.29, 0.717) is 13.8 Å². The number of carbonyl (C=O) groups excluding carboxylic acids is 2. The molecular formula is C24H32F3N5O7S. The first-order valence-corrected chi connectivity index (χ1v) is 13.5. The molecule has 0 bridgehead atoms. The zero-order valence-corrected chi connectivity index (χ0v) is 23.6. The fourth-order valence-corrected chi connectivity index (χ4v) is 5.43. The number of ether oxygens (including phenoxy) is 2. The summed E-state index contributed by atoms with van der Waals surface area (Å²) in [5.41, 5.74) is -3.86. The van der Waals surface area contributed by atoms with Crippen molar-refractivity contribution in [3.63, 3.8) is 0 Å². The van der Waals surface area contributed by atoms with Crippen molar-refractivity contribution in [1.82, 2.24) is 15.1 Å². The number of amides is 2. The molecule has 2 heterocycles. The first kappa shape index (κ1) is 31.0. The van der Waals surface area contributed by atoms with Gasteiger partial charge in [-0.05, 0) is 52.8 Å².